The maximum absolute atomic E-state index is 12.6. The number of nitro groups is 1. The Bertz CT molecular complexity index is 1030. The average Bonchev–Trinajstić information content (AvgIpc) is 2.71. The Morgan fingerprint density at radius 1 is 1.13 bits per heavy atom. The molecule has 0 unspecified atom stereocenters. The topological polar surface area (TPSA) is 88.4 Å². The third kappa shape index (κ3) is 5.85. The fourth-order valence-corrected chi connectivity index (χ4v) is 3.26. The number of anilines is 1. The molecule has 1 heterocycles. The van der Waals surface area contributed by atoms with E-state index in [0.29, 0.717) is 29.4 Å². The highest BCUT2D eigenvalue weighted by Crippen LogP contribution is 2.23. The Labute approximate surface area is 179 Å². The van der Waals surface area contributed by atoms with Crippen molar-refractivity contribution in [2.45, 2.75) is 20.0 Å². The summed E-state index contributed by atoms with van der Waals surface area (Å²) in [4.78, 5) is 29.6. The van der Waals surface area contributed by atoms with Crippen LogP contribution in [0.15, 0.2) is 67.0 Å². The Balaban J connectivity index is 1.78. The maximum Gasteiger partial charge on any atom is 0.272 e. The number of rotatable bonds is 8. The van der Waals surface area contributed by atoms with Crippen LogP contribution in [0.5, 0.6) is 0 Å². The summed E-state index contributed by atoms with van der Waals surface area (Å²) in [6.07, 6.45) is 3.43. The van der Waals surface area contributed by atoms with Gasteiger partial charge in [-0.25, -0.2) is 0 Å². The highest BCUT2D eigenvalue weighted by molar-refractivity contribution is 6.30. The number of hydrogen-bond acceptors (Lipinski definition) is 5. The van der Waals surface area contributed by atoms with Crippen molar-refractivity contribution in [3.8, 4) is 0 Å². The highest BCUT2D eigenvalue weighted by Gasteiger charge is 2.18. The van der Waals surface area contributed by atoms with Gasteiger partial charge in [0.2, 0.25) is 5.91 Å². The fraction of sp³-hybridized carbons (Fsp3) is 0.182. The monoisotopic (exact) mass is 424 g/mol. The number of pyridine rings is 1. The van der Waals surface area contributed by atoms with Gasteiger partial charge in [0.1, 0.15) is 0 Å². The Morgan fingerprint density at radius 3 is 2.57 bits per heavy atom. The average molecular weight is 425 g/mol. The van der Waals surface area contributed by atoms with E-state index in [9.17, 15) is 14.9 Å². The first-order valence-corrected chi connectivity index (χ1v) is 9.69. The van der Waals surface area contributed by atoms with E-state index < -0.39 is 4.92 Å². The summed E-state index contributed by atoms with van der Waals surface area (Å²) in [5.74, 6) is -0.190. The molecule has 8 heteroatoms. The van der Waals surface area contributed by atoms with E-state index in [0.717, 1.165) is 11.1 Å². The van der Waals surface area contributed by atoms with E-state index in [1.54, 1.807) is 49.6 Å². The molecule has 2 aromatic carbocycles. The van der Waals surface area contributed by atoms with E-state index in [-0.39, 0.29) is 18.1 Å². The lowest BCUT2D eigenvalue weighted by Crippen LogP contribution is -2.32. The van der Waals surface area contributed by atoms with Crippen molar-refractivity contribution < 1.29 is 9.72 Å². The molecule has 1 aromatic heterocycles. The molecule has 0 atom stereocenters. The predicted molar refractivity (Wildman–Crippen MR) is 116 cm³/mol. The van der Waals surface area contributed by atoms with E-state index in [4.69, 9.17) is 11.6 Å². The summed E-state index contributed by atoms with van der Waals surface area (Å²) in [7, 11) is 0. The number of nitro benzene ring substituents is 1. The largest absolute Gasteiger partial charge is 0.325 e. The number of amides is 1. The smallest absolute Gasteiger partial charge is 0.272 e. The van der Waals surface area contributed by atoms with Crippen LogP contribution in [0.25, 0.3) is 0 Å². The number of carbonyl (C=O) groups is 1. The van der Waals surface area contributed by atoms with Gasteiger partial charge in [0, 0.05) is 47.8 Å². The molecule has 0 fully saturated rings. The lowest BCUT2D eigenvalue weighted by molar-refractivity contribution is -0.385. The second kappa shape index (κ2) is 9.96. The third-order valence-corrected chi connectivity index (χ3v) is 4.88. The molecule has 0 saturated heterocycles. The van der Waals surface area contributed by atoms with Gasteiger partial charge in [-0.15, -0.1) is 0 Å². The Hall–Kier alpha value is -3.29. The highest BCUT2D eigenvalue weighted by atomic mass is 35.5. The number of nitrogens with zero attached hydrogens (tertiary/aromatic N) is 3. The van der Waals surface area contributed by atoms with Crippen LogP contribution >= 0.6 is 11.6 Å². The van der Waals surface area contributed by atoms with Crippen molar-refractivity contribution in [2.75, 3.05) is 11.9 Å². The van der Waals surface area contributed by atoms with E-state index in [1.807, 2.05) is 23.1 Å². The van der Waals surface area contributed by atoms with Crippen LogP contribution < -0.4 is 5.32 Å². The molecule has 0 spiro atoms. The zero-order valence-corrected chi connectivity index (χ0v) is 17.2. The number of benzene rings is 2. The van der Waals surface area contributed by atoms with Gasteiger partial charge in [0.15, 0.2) is 0 Å². The van der Waals surface area contributed by atoms with E-state index >= 15 is 0 Å². The molecule has 7 nitrogen and oxygen atoms in total. The predicted octanol–water partition coefficient (Wildman–Crippen LogP) is 4.59. The van der Waals surface area contributed by atoms with Crippen LogP contribution in [0.3, 0.4) is 0 Å². The zero-order chi connectivity index (χ0) is 21.5. The SMILES string of the molecule is Cc1c(CN(CC(=O)Nc2ccc(Cl)cc2)Cc2cccnc2)cccc1[N+](=O)[O-]. The second-order valence-electron chi connectivity index (χ2n) is 6.88. The maximum atomic E-state index is 12.6. The van der Waals surface area contributed by atoms with Crippen LogP contribution in [0.4, 0.5) is 11.4 Å². The molecule has 0 saturated carbocycles. The normalized spacial score (nSPS) is 10.8. The van der Waals surface area contributed by atoms with Crippen molar-refractivity contribution in [1.82, 2.24) is 9.88 Å². The first-order chi connectivity index (χ1) is 14.4. The lowest BCUT2D eigenvalue weighted by Gasteiger charge is -2.23. The van der Waals surface area contributed by atoms with Gasteiger partial charge >= 0.3 is 0 Å². The summed E-state index contributed by atoms with van der Waals surface area (Å²) in [6, 6.07) is 15.6. The van der Waals surface area contributed by atoms with Crippen molar-refractivity contribution in [2.24, 2.45) is 0 Å². The minimum Gasteiger partial charge on any atom is -0.325 e. The van der Waals surface area contributed by atoms with Crippen molar-refractivity contribution >= 4 is 28.9 Å². The van der Waals surface area contributed by atoms with Crippen LogP contribution in [0, 0.1) is 17.0 Å². The van der Waals surface area contributed by atoms with Gasteiger partial charge in [-0.05, 0) is 48.4 Å². The van der Waals surface area contributed by atoms with E-state index in [2.05, 4.69) is 10.3 Å². The number of hydrogen-bond donors (Lipinski definition) is 1. The molecule has 0 aliphatic rings. The molecule has 0 aliphatic heterocycles. The summed E-state index contributed by atoms with van der Waals surface area (Å²) < 4.78 is 0. The molecule has 1 amide bonds. The van der Waals surface area contributed by atoms with Gasteiger partial charge in [-0.2, -0.15) is 0 Å². The Kier molecular flexibility index (Phi) is 7.11. The van der Waals surface area contributed by atoms with Crippen molar-refractivity contribution in [3.05, 3.63) is 98.8 Å². The van der Waals surface area contributed by atoms with Gasteiger partial charge < -0.3 is 5.32 Å². The van der Waals surface area contributed by atoms with Crippen molar-refractivity contribution in [3.63, 3.8) is 0 Å². The van der Waals surface area contributed by atoms with Gasteiger partial charge in [0.25, 0.3) is 5.69 Å². The third-order valence-electron chi connectivity index (χ3n) is 4.63. The molecule has 0 aliphatic carbocycles. The summed E-state index contributed by atoms with van der Waals surface area (Å²) in [5.41, 5.74) is 3.06. The minimum atomic E-state index is -0.391. The molecule has 0 radical (unpaired) electrons. The van der Waals surface area contributed by atoms with Gasteiger partial charge in [-0.3, -0.25) is 24.8 Å². The van der Waals surface area contributed by atoms with Crippen molar-refractivity contribution in [1.29, 1.82) is 0 Å². The quantitative estimate of drug-likeness (QED) is 0.422. The molecule has 3 rings (SSSR count). The molecule has 30 heavy (non-hydrogen) atoms. The van der Waals surface area contributed by atoms with Crippen LogP contribution in [-0.2, 0) is 17.9 Å². The lowest BCUT2D eigenvalue weighted by atomic mass is 10.1. The Morgan fingerprint density at radius 2 is 1.90 bits per heavy atom. The fourth-order valence-electron chi connectivity index (χ4n) is 3.13. The summed E-state index contributed by atoms with van der Waals surface area (Å²) in [5, 5.41) is 14.7. The first kappa shape index (κ1) is 21.4. The number of halogens is 1. The molecule has 154 valence electrons. The molecular weight excluding hydrogens is 404 g/mol. The standard InChI is InChI=1S/C22H21ClN4O3/c1-16-18(5-2-6-21(16)27(29)30)14-26(13-17-4-3-11-24-12-17)15-22(28)25-20-9-7-19(23)8-10-20/h2-12H,13-15H2,1H3,(H,25,28). The molecule has 3 aromatic rings. The van der Waals surface area contributed by atoms with Gasteiger partial charge in [0.05, 0.1) is 11.5 Å². The van der Waals surface area contributed by atoms with Gasteiger partial charge in [-0.1, -0.05) is 29.8 Å². The molecule has 0 bridgehead atoms. The molecule has 1 N–H and O–H groups in total. The van der Waals surface area contributed by atoms with Crippen LogP contribution in [-0.4, -0.2) is 27.3 Å². The van der Waals surface area contributed by atoms with Crippen LogP contribution in [0.1, 0.15) is 16.7 Å². The second-order valence-corrected chi connectivity index (χ2v) is 7.32. The molecular formula is C22H21ClN4O3. The number of aromatic nitrogens is 1. The summed E-state index contributed by atoms with van der Waals surface area (Å²) in [6.45, 7) is 2.70. The minimum absolute atomic E-state index is 0.0689. The number of carbonyl (C=O) groups excluding carboxylic acids is 1. The first-order valence-electron chi connectivity index (χ1n) is 9.32. The number of nitrogens with one attached hydrogen (secondary N) is 1. The zero-order valence-electron chi connectivity index (χ0n) is 16.4. The van der Waals surface area contributed by atoms with Crippen LogP contribution in [0.2, 0.25) is 5.02 Å². The van der Waals surface area contributed by atoms with E-state index in [1.165, 1.54) is 6.07 Å². The summed E-state index contributed by atoms with van der Waals surface area (Å²) >= 11 is 5.89.